The van der Waals surface area contributed by atoms with Crippen LogP contribution in [-0.2, 0) is 4.79 Å². The molecule has 96 valence electrons. The molecule has 1 aliphatic rings. The van der Waals surface area contributed by atoms with Gasteiger partial charge in [-0.1, -0.05) is 17.7 Å². The minimum absolute atomic E-state index is 0.0147. The van der Waals surface area contributed by atoms with Gasteiger partial charge in [-0.05, 0) is 38.3 Å². The molecule has 2 N–H and O–H groups in total. The maximum atomic E-state index is 12.0. The van der Waals surface area contributed by atoms with E-state index in [1.807, 2.05) is 25.1 Å². The Bertz CT molecular complexity index is 470. The van der Waals surface area contributed by atoms with Gasteiger partial charge in [0.25, 0.3) is 5.91 Å². The third-order valence-electron chi connectivity index (χ3n) is 3.40. The van der Waals surface area contributed by atoms with Crippen LogP contribution in [0.1, 0.15) is 35.2 Å². The smallest absolute Gasteiger partial charge is 0.306 e. The second-order valence-corrected chi connectivity index (χ2v) is 4.89. The molecule has 0 spiro atoms. The van der Waals surface area contributed by atoms with Gasteiger partial charge in [0.15, 0.2) is 0 Å². The Morgan fingerprint density at radius 1 is 1.33 bits per heavy atom. The van der Waals surface area contributed by atoms with Crippen molar-refractivity contribution in [3.8, 4) is 0 Å². The van der Waals surface area contributed by atoms with Gasteiger partial charge in [-0.2, -0.15) is 0 Å². The monoisotopic (exact) mass is 247 g/mol. The number of carboxylic acids is 1. The predicted molar refractivity (Wildman–Crippen MR) is 67.4 cm³/mol. The minimum Gasteiger partial charge on any atom is -0.481 e. The van der Waals surface area contributed by atoms with Gasteiger partial charge in [0, 0.05) is 11.6 Å². The molecule has 2 rings (SSSR count). The van der Waals surface area contributed by atoms with Crippen molar-refractivity contribution in [1.82, 2.24) is 5.32 Å². The van der Waals surface area contributed by atoms with Gasteiger partial charge < -0.3 is 10.4 Å². The highest BCUT2D eigenvalue weighted by molar-refractivity contribution is 5.94. The van der Waals surface area contributed by atoms with Crippen LogP contribution in [0.25, 0.3) is 0 Å². The molecule has 0 radical (unpaired) electrons. The number of nitrogens with one attached hydrogen (secondary N) is 1. The molecule has 1 aromatic rings. The lowest BCUT2D eigenvalue weighted by Crippen LogP contribution is -2.33. The van der Waals surface area contributed by atoms with E-state index in [4.69, 9.17) is 5.11 Å². The van der Waals surface area contributed by atoms with Crippen molar-refractivity contribution in [3.63, 3.8) is 0 Å². The maximum absolute atomic E-state index is 12.0. The first-order valence-electron chi connectivity index (χ1n) is 6.16. The van der Waals surface area contributed by atoms with Crippen LogP contribution in [-0.4, -0.2) is 23.0 Å². The quantitative estimate of drug-likeness (QED) is 0.858. The molecule has 1 aromatic carbocycles. The number of hydrogen-bond donors (Lipinski definition) is 2. The SMILES string of the molecule is Cc1cccc(C(=O)N[C@H]2CC[C@H](C(=O)O)C2)c1. The summed E-state index contributed by atoms with van der Waals surface area (Å²) >= 11 is 0. The van der Waals surface area contributed by atoms with Crippen LogP contribution in [0.5, 0.6) is 0 Å². The van der Waals surface area contributed by atoms with Gasteiger partial charge in [0.05, 0.1) is 5.92 Å². The first-order chi connectivity index (χ1) is 8.56. The normalized spacial score (nSPS) is 22.7. The summed E-state index contributed by atoms with van der Waals surface area (Å²) in [5.41, 5.74) is 1.67. The fraction of sp³-hybridized carbons (Fsp3) is 0.429. The summed E-state index contributed by atoms with van der Waals surface area (Å²) in [6.07, 6.45) is 1.93. The fourth-order valence-electron chi connectivity index (χ4n) is 2.39. The van der Waals surface area contributed by atoms with E-state index < -0.39 is 5.97 Å². The molecule has 0 saturated heterocycles. The molecule has 1 amide bonds. The second-order valence-electron chi connectivity index (χ2n) is 4.89. The minimum atomic E-state index is -0.762. The summed E-state index contributed by atoms with van der Waals surface area (Å²) in [5.74, 6) is -1.19. The van der Waals surface area contributed by atoms with Gasteiger partial charge in [0.2, 0.25) is 0 Å². The van der Waals surface area contributed by atoms with Crippen molar-refractivity contribution in [1.29, 1.82) is 0 Å². The van der Waals surface area contributed by atoms with Crippen molar-refractivity contribution in [2.75, 3.05) is 0 Å². The highest BCUT2D eigenvalue weighted by Gasteiger charge is 2.30. The topological polar surface area (TPSA) is 66.4 Å². The molecule has 2 atom stereocenters. The van der Waals surface area contributed by atoms with Gasteiger partial charge in [0.1, 0.15) is 0 Å². The summed E-state index contributed by atoms with van der Waals surface area (Å²) in [7, 11) is 0. The van der Waals surface area contributed by atoms with Crippen LogP contribution in [0.2, 0.25) is 0 Å². The number of carbonyl (C=O) groups is 2. The highest BCUT2D eigenvalue weighted by atomic mass is 16.4. The molecule has 0 unspecified atom stereocenters. The zero-order valence-corrected chi connectivity index (χ0v) is 10.3. The second kappa shape index (κ2) is 5.21. The summed E-state index contributed by atoms with van der Waals surface area (Å²) in [6.45, 7) is 1.94. The molecular weight excluding hydrogens is 230 g/mol. The first kappa shape index (κ1) is 12.6. The number of rotatable bonds is 3. The van der Waals surface area contributed by atoms with E-state index in [0.717, 1.165) is 12.0 Å². The van der Waals surface area contributed by atoms with Crippen molar-refractivity contribution in [2.45, 2.75) is 32.2 Å². The highest BCUT2D eigenvalue weighted by Crippen LogP contribution is 2.25. The van der Waals surface area contributed by atoms with Crippen molar-refractivity contribution >= 4 is 11.9 Å². The van der Waals surface area contributed by atoms with E-state index in [1.54, 1.807) is 6.07 Å². The Kier molecular flexibility index (Phi) is 3.65. The molecule has 0 bridgehead atoms. The lowest BCUT2D eigenvalue weighted by Gasteiger charge is -2.12. The number of benzene rings is 1. The Labute approximate surface area is 106 Å². The molecule has 0 aliphatic heterocycles. The van der Waals surface area contributed by atoms with Crippen molar-refractivity contribution in [3.05, 3.63) is 35.4 Å². The summed E-state index contributed by atoms with van der Waals surface area (Å²) in [4.78, 5) is 22.8. The molecule has 1 aliphatic carbocycles. The number of carboxylic acid groups (broad SMARTS) is 1. The Morgan fingerprint density at radius 2 is 2.11 bits per heavy atom. The van der Waals surface area contributed by atoms with Crippen LogP contribution < -0.4 is 5.32 Å². The molecule has 1 saturated carbocycles. The largest absolute Gasteiger partial charge is 0.481 e. The van der Waals surface area contributed by atoms with E-state index >= 15 is 0 Å². The standard InChI is InChI=1S/C14H17NO3/c1-9-3-2-4-10(7-9)13(16)15-12-6-5-11(8-12)14(17)18/h2-4,7,11-12H,5-6,8H2,1H3,(H,15,16)(H,17,18)/t11-,12-/m0/s1. The van der Waals surface area contributed by atoms with Crippen LogP contribution in [0, 0.1) is 12.8 Å². The number of carbonyl (C=O) groups excluding carboxylic acids is 1. The molecule has 1 fully saturated rings. The van der Waals surface area contributed by atoms with Crippen LogP contribution in [0.4, 0.5) is 0 Å². The molecular formula is C14H17NO3. The zero-order valence-electron chi connectivity index (χ0n) is 10.3. The summed E-state index contributed by atoms with van der Waals surface area (Å²) in [5, 5.41) is 11.8. The predicted octanol–water partition coefficient (Wildman–Crippen LogP) is 1.98. The van der Waals surface area contributed by atoms with Gasteiger partial charge in [-0.3, -0.25) is 9.59 Å². The number of aliphatic carboxylic acids is 1. The molecule has 0 heterocycles. The van der Waals surface area contributed by atoms with E-state index in [-0.39, 0.29) is 17.9 Å². The van der Waals surface area contributed by atoms with Gasteiger partial charge >= 0.3 is 5.97 Å². The third kappa shape index (κ3) is 2.88. The Morgan fingerprint density at radius 3 is 2.72 bits per heavy atom. The van der Waals surface area contributed by atoms with Crippen LogP contribution in [0.3, 0.4) is 0 Å². The molecule has 4 nitrogen and oxygen atoms in total. The summed E-state index contributed by atoms with van der Waals surface area (Å²) < 4.78 is 0. The van der Waals surface area contributed by atoms with E-state index in [0.29, 0.717) is 18.4 Å². The average molecular weight is 247 g/mol. The van der Waals surface area contributed by atoms with Crippen LogP contribution >= 0.6 is 0 Å². The van der Waals surface area contributed by atoms with Crippen molar-refractivity contribution in [2.24, 2.45) is 5.92 Å². The molecule has 4 heteroatoms. The Hall–Kier alpha value is -1.84. The van der Waals surface area contributed by atoms with E-state index in [1.165, 1.54) is 0 Å². The molecule has 18 heavy (non-hydrogen) atoms. The van der Waals surface area contributed by atoms with E-state index in [9.17, 15) is 9.59 Å². The number of amides is 1. The van der Waals surface area contributed by atoms with Gasteiger partial charge in [-0.15, -0.1) is 0 Å². The fourth-order valence-corrected chi connectivity index (χ4v) is 2.39. The lowest BCUT2D eigenvalue weighted by molar-refractivity contribution is -0.141. The van der Waals surface area contributed by atoms with Crippen LogP contribution in [0.15, 0.2) is 24.3 Å². The number of hydrogen-bond acceptors (Lipinski definition) is 2. The summed E-state index contributed by atoms with van der Waals surface area (Å²) in [6, 6.07) is 7.37. The third-order valence-corrected chi connectivity index (χ3v) is 3.40. The molecule has 0 aromatic heterocycles. The average Bonchev–Trinajstić information content (AvgIpc) is 2.77. The maximum Gasteiger partial charge on any atom is 0.306 e. The van der Waals surface area contributed by atoms with Crippen molar-refractivity contribution < 1.29 is 14.7 Å². The zero-order chi connectivity index (χ0) is 13.1. The van der Waals surface area contributed by atoms with Gasteiger partial charge in [-0.25, -0.2) is 0 Å². The first-order valence-corrected chi connectivity index (χ1v) is 6.16. The van der Waals surface area contributed by atoms with E-state index in [2.05, 4.69) is 5.32 Å². The number of aryl methyl sites for hydroxylation is 1. The Balaban J connectivity index is 1.95. The lowest BCUT2D eigenvalue weighted by atomic mass is 10.1.